The normalized spacial score (nSPS) is 12.9. The molecule has 1 unspecified atom stereocenters. The number of aromatic nitrogens is 1. The van der Waals surface area contributed by atoms with Gasteiger partial charge in [-0.2, -0.15) is 0 Å². The first-order valence-electron chi connectivity index (χ1n) is 5.86. The van der Waals surface area contributed by atoms with Gasteiger partial charge in [0.1, 0.15) is 0 Å². The number of hydrogen-bond donors (Lipinski definition) is 1. The van der Waals surface area contributed by atoms with E-state index < -0.39 is 0 Å². The molecule has 0 fully saturated rings. The van der Waals surface area contributed by atoms with Crippen molar-refractivity contribution in [3.63, 3.8) is 0 Å². The molecule has 0 spiro atoms. The quantitative estimate of drug-likeness (QED) is 0.849. The molecular weight excluding hydrogens is 196 g/mol. The second-order valence-electron chi connectivity index (χ2n) is 4.25. The Hall–Kier alpha value is -1.41. The Labute approximate surface area is 96.5 Å². The summed E-state index contributed by atoms with van der Waals surface area (Å²) in [5.74, 6) is 0.530. The molecule has 84 valence electrons. The molecule has 16 heavy (non-hydrogen) atoms. The molecule has 2 aromatic rings. The van der Waals surface area contributed by atoms with Crippen LogP contribution in [0.4, 0.5) is 0 Å². The number of fused-ring (bicyclic) bond motifs is 1. The van der Waals surface area contributed by atoms with E-state index in [2.05, 4.69) is 36.2 Å². The summed E-state index contributed by atoms with van der Waals surface area (Å²) >= 11 is 0. The van der Waals surface area contributed by atoms with Crippen LogP contribution in [0.15, 0.2) is 36.5 Å². The highest BCUT2D eigenvalue weighted by atomic mass is 14.6. The van der Waals surface area contributed by atoms with Crippen molar-refractivity contribution in [1.82, 2.24) is 4.98 Å². The number of pyridine rings is 1. The summed E-state index contributed by atoms with van der Waals surface area (Å²) in [4.78, 5) is 4.48. The van der Waals surface area contributed by atoms with Crippen molar-refractivity contribution in [2.24, 2.45) is 5.73 Å². The summed E-state index contributed by atoms with van der Waals surface area (Å²) < 4.78 is 0. The zero-order valence-corrected chi connectivity index (χ0v) is 9.69. The second-order valence-corrected chi connectivity index (χ2v) is 4.25. The van der Waals surface area contributed by atoms with Gasteiger partial charge in [-0.05, 0) is 36.9 Å². The molecule has 1 aromatic heterocycles. The smallest absolute Gasteiger partial charge is 0.0736 e. The molecular formula is C14H18N2. The Morgan fingerprint density at radius 3 is 2.88 bits per heavy atom. The van der Waals surface area contributed by atoms with Crippen molar-refractivity contribution in [2.45, 2.75) is 25.7 Å². The average Bonchev–Trinajstić information content (AvgIpc) is 2.35. The van der Waals surface area contributed by atoms with E-state index in [4.69, 9.17) is 5.73 Å². The fourth-order valence-corrected chi connectivity index (χ4v) is 2.11. The van der Waals surface area contributed by atoms with E-state index in [-0.39, 0.29) is 0 Å². The van der Waals surface area contributed by atoms with Gasteiger partial charge in [-0.15, -0.1) is 0 Å². The lowest BCUT2D eigenvalue weighted by Crippen LogP contribution is -2.02. The third-order valence-electron chi connectivity index (χ3n) is 3.04. The van der Waals surface area contributed by atoms with Crippen molar-refractivity contribution in [3.8, 4) is 0 Å². The average molecular weight is 214 g/mol. The van der Waals surface area contributed by atoms with E-state index >= 15 is 0 Å². The number of hydrogen-bond acceptors (Lipinski definition) is 2. The van der Waals surface area contributed by atoms with E-state index in [9.17, 15) is 0 Å². The first kappa shape index (κ1) is 11.1. The Morgan fingerprint density at radius 2 is 2.06 bits per heavy atom. The highest BCUT2D eigenvalue weighted by Crippen LogP contribution is 2.26. The molecule has 0 amide bonds. The van der Waals surface area contributed by atoms with Crippen molar-refractivity contribution < 1.29 is 0 Å². The van der Waals surface area contributed by atoms with Gasteiger partial charge in [-0.3, -0.25) is 4.98 Å². The maximum atomic E-state index is 5.55. The first-order valence-corrected chi connectivity index (χ1v) is 5.86. The summed E-state index contributed by atoms with van der Waals surface area (Å²) in [6.45, 7) is 3.02. The van der Waals surface area contributed by atoms with Gasteiger partial charge in [0.25, 0.3) is 0 Å². The molecule has 2 N–H and O–H groups in total. The minimum atomic E-state index is 0.530. The third kappa shape index (κ3) is 2.22. The minimum Gasteiger partial charge on any atom is -0.330 e. The van der Waals surface area contributed by atoms with E-state index in [0.717, 1.165) is 24.9 Å². The fraction of sp³-hybridized carbons (Fsp3) is 0.357. The van der Waals surface area contributed by atoms with Gasteiger partial charge in [0.15, 0.2) is 0 Å². The van der Waals surface area contributed by atoms with Gasteiger partial charge >= 0.3 is 0 Å². The topological polar surface area (TPSA) is 38.9 Å². The standard InChI is InChI=1S/C14H18N2/c1-11(5-3-9-15)13-8-2-6-12-7-4-10-16-14(12)13/h2,4,6-8,10-11H,3,5,9,15H2,1H3. The minimum absolute atomic E-state index is 0.530. The number of nitrogens with zero attached hydrogens (tertiary/aromatic N) is 1. The molecule has 0 bridgehead atoms. The molecule has 0 aliphatic heterocycles. The first-order chi connectivity index (χ1) is 7.83. The molecule has 1 aromatic carbocycles. The van der Waals surface area contributed by atoms with Gasteiger partial charge < -0.3 is 5.73 Å². The Bertz CT molecular complexity index is 460. The van der Waals surface area contributed by atoms with Crippen LogP contribution >= 0.6 is 0 Å². The van der Waals surface area contributed by atoms with Crippen molar-refractivity contribution in [3.05, 3.63) is 42.1 Å². The number of benzene rings is 1. The molecule has 0 radical (unpaired) electrons. The van der Waals surface area contributed by atoms with Gasteiger partial charge in [0.2, 0.25) is 0 Å². The molecule has 2 rings (SSSR count). The highest BCUT2D eigenvalue weighted by Gasteiger charge is 2.09. The molecule has 2 nitrogen and oxygen atoms in total. The van der Waals surface area contributed by atoms with E-state index in [0.29, 0.717) is 5.92 Å². The van der Waals surface area contributed by atoms with Crippen LogP contribution in [0.5, 0.6) is 0 Å². The van der Waals surface area contributed by atoms with Crippen LogP contribution < -0.4 is 5.73 Å². The molecule has 1 atom stereocenters. The Kier molecular flexibility index (Phi) is 3.52. The van der Waals surface area contributed by atoms with E-state index in [1.165, 1.54) is 10.9 Å². The monoisotopic (exact) mass is 214 g/mol. The molecule has 2 heteroatoms. The molecule has 0 saturated carbocycles. The predicted molar refractivity (Wildman–Crippen MR) is 68.4 cm³/mol. The zero-order chi connectivity index (χ0) is 11.4. The molecule has 0 saturated heterocycles. The maximum Gasteiger partial charge on any atom is 0.0736 e. The molecule has 0 aliphatic rings. The summed E-state index contributed by atoms with van der Waals surface area (Å²) in [6, 6.07) is 10.5. The lowest BCUT2D eigenvalue weighted by atomic mass is 9.94. The summed E-state index contributed by atoms with van der Waals surface area (Å²) in [7, 11) is 0. The Morgan fingerprint density at radius 1 is 1.25 bits per heavy atom. The van der Waals surface area contributed by atoms with Gasteiger partial charge in [0, 0.05) is 11.6 Å². The third-order valence-corrected chi connectivity index (χ3v) is 3.04. The van der Waals surface area contributed by atoms with Crippen LogP contribution in [0.25, 0.3) is 10.9 Å². The van der Waals surface area contributed by atoms with Gasteiger partial charge in [-0.25, -0.2) is 0 Å². The van der Waals surface area contributed by atoms with E-state index in [1.807, 2.05) is 12.3 Å². The van der Waals surface area contributed by atoms with Crippen LogP contribution in [0, 0.1) is 0 Å². The lowest BCUT2D eigenvalue weighted by Gasteiger charge is -2.13. The number of para-hydroxylation sites is 1. The number of nitrogens with two attached hydrogens (primary N) is 1. The van der Waals surface area contributed by atoms with E-state index in [1.54, 1.807) is 0 Å². The van der Waals surface area contributed by atoms with Gasteiger partial charge in [0.05, 0.1) is 5.52 Å². The lowest BCUT2D eigenvalue weighted by molar-refractivity contribution is 0.643. The van der Waals surface area contributed by atoms with Gasteiger partial charge in [-0.1, -0.05) is 31.2 Å². The fourth-order valence-electron chi connectivity index (χ4n) is 2.11. The van der Waals surface area contributed by atoms with Crippen molar-refractivity contribution >= 4 is 10.9 Å². The molecule has 0 aliphatic carbocycles. The Balaban J connectivity index is 2.36. The molecule has 1 heterocycles. The maximum absolute atomic E-state index is 5.55. The SMILES string of the molecule is CC(CCCN)c1cccc2cccnc12. The summed E-state index contributed by atoms with van der Waals surface area (Å²) in [5, 5.41) is 1.22. The predicted octanol–water partition coefficient (Wildman–Crippen LogP) is 3.08. The van der Waals surface area contributed by atoms with Crippen molar-refractivity contribution in [2.75, 3.05) is 6.54 Å². The highest BCUT2D eigenvalue weighted by molar-refractivity contribution is 5.81. The number of rotatable bonds is 4. The zero-order valence-electron chi connectivity index (χ0n) is 9.69. The van der Waals surface area contributed by atoms with Crippen LogP contribution in [-0.4, -0.2) is 11.5 Å². The van der Waals surface area contributed by atoms with Crippen LogP contribution in [0.1, 0.15) is 31.2 Å². The van der Waals surface area contributed by atoms with Crippen LogP contribution in [0.3, 0.4) is 0 Å². The largest absolute Gasteiger partial charge is 0.330 e. The van der Waals surface area contributed by atoms with Crippen LogP contribution in [-0.2, 0) is 0 Å². The summed E-state index contributed by atoms with van der Waals surface area (Å²) in [6.07, 6.45) is 4.07. The van der Waals surface area contributed by atoms with Crippen molar-refractivity contribution in [1.29, 1.82) is 0 Å². The summed E-state index contributed by atoms with van der Waals surface area (Å²) in [5.41, 5.74) is 8.03. The van der Waals surface area contributed by atoms with Crippen LogP contribution in [0.2, 0.25) is 0 Å². The second kappa shape index (κ2) is 5.08.